The molecule has 0 amide bonds. The number of aliphatic imine (C=N–C) groups is 1. The molecular formula is C17H17NO2. The van der Waals surface area contributed by atoms with Crippen LogP contribution >= 0.6 is 0 Å². The third-order valence-electron chi connectivity index (χ3n) is 2.75. The van der Waals surface area contributed by atoms with E-state index in [1.165, 1.54) is 0 Å². The minimum absolute atomic E-state index is 0.210. The maximum Gasteiger partial charge on any atom is 0.316 e. The normalized spacial score (nSPS) is 11.2. The number of nitrogens with zero attached hydrogens (tertiary/aromatic N) is 1. The maximum absolute atomic E-state index is 11.7. The molecule has 0 saturated carbocycles. The number of rotatable bonds is 5. The fraction of sp³-hybridized carbons (Fsp3) is 0.176. The van der Waals surface area contributed by atoms with Gasteiger partial charge >= 0.3 is 5.97 Å². The van der Waals surface area contributed by atoms with Crippen LogP contribution in [0.3, 0.4) is 0 Å². The monoisotopic (exact) mass is 267 g/mol. The summed E-state index contributed by atoms with van der Waals surface area (Å²) >= 11 is 0. The average Bonchev–Trinajstić information content (AvgIpc) is 2.47. The summed E-state index contributed by atoms with van der Waals surface area (Å²) in [6, 6.07) is 19.0. The second-order valence-corrected chi connectivity index (χ2v) is 4.50. The zero-order valence-electron chi connectivity index (χ0n) is 11.5. The smallest absolute Gasteiger partial charge is 0.316 e. The predicted molar refractivity (Wildman–Crippen MR) is 79.9 cm³/mol. The van der Waals surface area contributed by atoms with Crippen molar-refractivity contribution in [3.05, 3.63) is 66.2 Å². The Labute approximate surface area is 118 Å². The molecule has 3 heteroatoms. The maximum atomic E-state index is 11.7. The van der Waals surface area contributed by atoms with Crippen molar-refractivity contribution in [2.45, 2.75) is 19.9 Å². The molecule has 0 saturated heterocycles. The second-order valence-electron chi connectivity index (χ2n) is 4.50. The highest BCUT2D eigenvalue weighted by Gasteiger charge is 2.06. The fourth-order valence-electron chi connectivity index (χ4n) is 1.73. The SMILES string of the molecule is CC(CC(=O)Oc1ccccc1)=NCc1ccccc1. The van der Waals surface area contributed by atoms with E-state index in [-0.39, 0.29) is 12.4 Å². The van der Waals surface area contributed by atoms with Crippen LogP contribution in [0.15, 0.2) is 65.7 Å². The van der Waals surface area contributed by atoms with E-state index in [1.807, 2.05) is 55.5 Å². The molecule has 2 aromatic carbocycles. The van der Waals surface area contributed by atoms with Crippen molar-refractivity contribution in [1.29, 1.82) is 0 Å². The van der Waals surface area contributed by atoms with Gasteiger partial charge in [0, 0.05) is 5.71 Å². The molecule has 0 aliphatic heterocycles. The highest BCUT2D eigenvalue weighted by atomic mass is 16.5. The van der Waals surface area contributed by atoms with Gasteiger partial charge in [-0.1, -0.05) is 48.5 Å². The molecule has 102 valence electrons. The van der Waals surface area contributed by atoms with E-state index in [0.717, 1.165) is 11.3 Å². The van der Waals surface area contributed by atoms with Gasteiger partial charge < -0.3 is 4.74 Å². The van der Waals surface area contributed by atoms with Crippen LogP contribution in [0.1, 0.15) is 18.9 Å². The van der Waals surface area contributed by atoms with Gasteiger partial charge in [-0.2, -0.15) is 0 Å². The third-order valence-corrected chi connectivity index (χ3v) is 2.75. The minimum atomic E-state index is -0.287. The molecule has 0 aliphatic rings. The largest absolute Gasteiger partial charge is 0.426 e. The van der Waals surface area contributed by atoms with E-state index >= 15 is 0 Å². The number of para-hydroxylation sites is 1. The first kappa shape index (κ1) is 14.0. The Morgan fingerprint density at radius 3 is 2.25 bits per heavy atom. The van der Waals surface area contributed by atoms with E-state index in [0.29, 0.717) is 12.3 Å². The lowest BCUT2D eigenvalue weighted by molar-refractivity contribution is -0.133. The molecule has 2 rings (SSSR count). The molecule has 0 radical (unpaired) electrons. The van der Waals surface area contributed by atoms with E-state index < -0.39 is 0 Å². The Balaban J connectivity index is 1.84. The quantitative estimate of drug-likeness (QED) is 0.471. The van der Waals surface area contributed by atoms with Gasteiger partial charge in [0.2, 0.25) is 0 Å². The summed E-state index contributed by atoms with van der Waals surface area (Å²) in [5.41, 5.74) is 1.90. The Morgan fingerprint density at radius 2 is 1.60 bits per heavy atom. The molecule has 0 bridgehead atoms. The number of hydrogen-bond donors (Lipinski definition) is 0. The highest BCUT2D eigenvalue weighted by molar-refractivity contribution is 5.98. The lowest BCUT2D eigenvalue weighted by Gasteiger charge is -2.04. The van der Waals surface area contributed by atoms with Crippen molar-refractivity contribution < 1.29 is 9.53 Å². The summed E-state index contributed by atoms with van der Waals surface area (Å²) in [4.78, 5) is 16.1. The molecule has 0 spiro atoms. The molecule has 0 heterocycles. The Hall–Kier alpha value is -2.42. The standard InChI is InChI=1S/C17H17NO2/c1-14(18-13-15-8-4-2-5-9-15)12-17(19)20-16-10-6-3-7-11-16/h2-11H,12-13H2,1H3. The number of carbonyl (C=O) groups excluding carboxylic acids is 1. The first-order chi connectivity index (χ1) is 9.74. The van der Waals surface area contributed by atoms with Crippen LogP contribution in [0.5, 0.6) is 5.75 Å². The number of esters is 1. The van der Waals surface area contributed by atoms with Crippen LogP contribution < -0.4 is 4.74 Å². The van der Waals surface area contributed by atoms with Crippen molar-refractivity contribution in [3.63, 3.8) is 0 Å². The summed E-state index contributed by atoms with van der Waals surface area (Å²) < 4.78 is 5.22. The Kier molecular flexibility index (Phi) is 5.07. The first-order valence-electron chi connectivity index (χ1n) is 6.53. The minimum Gasteiger partial charge on any atom is -0.426 e. The van der Waals surface area contributed by atoms with E-state index in [1.54, 1.807) is 12.1 Å². The summed E-state index contributed by atoms with van der Waals surface area (Å²) in [5, 5.41) is 0. The molecule has 3 nitrogen and oxygen atoms in total. The third kappa shape index (κ3) is 4.69. The number of hydrogen-bond acceptors (Lipinski definition) is 3. The lowest BCUT2D eigenvalue weighted by atomic mass is 10.2. The van der Waals surface area contributed by atoms with Crippen LogP contribution in [0.25, 0.3) is 0 Å². The zero-order valence-corrected chi connectivity index (χ0v) is 11.5. The Morgan fingerprint density at radius 1 is 1.00 bits per heavy atom. The Bertz CT molecular complexity index is 576. The molecule has 0 aliphatic carbocycles. The first-order valence-corrected chi connectivity index (χ1v) is 6.53. The van der Waals surface area contributed by atoms with Gasteiger partial charge in [-0.15, -0.1) is 0 Å². The fourth-order valence-corrected chi connectivity index (χ4v) is 1.73. The van der Waals surface area contributed by atoms with Gasteiger partial charge in [-0.25, -0.2) is 0 Å². The zero-order chi connectivity index (χ0) is 14.2. The van der Waals surface area contributed by atoms with Crippen molar-refractivity contribution in [2.75, 3.05) is 0 Å². The van der Waals surface area contributed by atoms with Crippen LogP contribution in [0, 0.1) is 0 Å². The van der Waals surface area contributed by atoms with Crippen molar-refractivity contribution in [3.8, 4) is 5.75 Å². The molecule has 0 atom stereocenters. The summed E-state index contributed by atoms with van der Waals surface area (Å²) in [6.45, 7) is 2.43. The molecule has 0 aromatic heterocycles. The highest BCUT2D eigenvalue weighted by Crippen LogP contribution is 2.09. The summed E-state index contributed by atoms with van der Waals surface area (Å²) in [7, 11) is 0. The second kappa shape index (κ2) is 7.24. The lowest BCUT2D eigenvalue weighted by Crippen LogP contribution is -2.12. The van der Waals surface area contributed by atoms with Crippen molar-refractivity contribution in [1.82, 2.24) is 0 Å². The molecule has 0 N–H and O–H groups in total. The predicted octanol–water partition coefficient (Wildman–Crippen LogP) is 3.64. The van der Waals surface area contributed by atoms with Crippen LogP contribution in [-0.4, -0.2) is 11.7 Å². The van der Waals surface area contributed by atoms with Gasteiger partial charge in [0.05, 0.1) is 13.0 Å². The van der Waals surface area contributed by atoms with Crippen LogP contribution in [0.4, 0.5) is 0 Å². The van der Waals surface area contributed by atoms with Gasteiger partial charge in [-0.05, 0) is 24.6 Å². The van der Waals surface area contributed by atoms with Gasteiger partial charge in [0.25, 0.3) is 0 Å². The molecule has 20 heavy (non-hydrogen) atoms. The van der Waals surface area contributed by atoms with Gasteiger partial charge in [0.15, 0.2) is 0 Å². The summed E-state index contributed by atoms with van der Waals surface area (Å²) in [5.74, 6) is 0.277. The number of ether oxygens (including phenoxy) is 1. The van der Waals surface area contributed by atoms with E-state index in [9.17, 15) is 4.79 Å². The molecular weight excluding hydrogens is 250 g/mol. The topological polar surface area (TPSA) is 38.7 Å². The average molecular weight is 267 g/mol. The van der Waals surface area contributed by atoms with Crippen LogP contribution in [0.2, 0.25) is 0 Å². The van der Waals surface area contributed by atoms with Gasteiger partial charge in [-0.3, -0.25) is 9.79 Å². The van der Waals surface area contributed by atoms with E-state index in [2.05, 4.69) is 4.99 Å². The molecule has 2 aromatic rings. The number of carbonyl (C=O) groups is 1. The van der Waals surface area contributed by atoms with Crippen molar-refractivity contribution >= 4 is 11.7 Å². The molecule has 0 unspecified atom stereocenters. The number of benzene rings is 2. The molecule has 0 fully saturated rings. The van der Waals surface area contributed by atoms with Gasteiger partial charge in [0.1, 0.15) is 5.75 Å². The summed E-state index contributed by atoms with van der Waals surface area (Å²) in [6.07, 6.45) is 0.210. The van der Waals surface area contributed by atoms with Crippen molar-refractivity contribution in [2.24, 2.45) is 4.99 Å². The van der Waals surface area contributed by atoms with E-state index in [4.69, 9.17) is 4.74 Å². The van der Waals surface area contributed by atoms with Crippen LogP contribution in [-0.2, 0) is 11.3 Å².